The molecule has 1 atom stereocenters. The van der Waals surface area contributed by atoms with Crippen molar-refractivity contribution >= 4 is 12.0 Å². The molecule has 22 heavy (non-hydrogen) atoms. The van der Waals surface area contributed by atoms with Gasteiger partial charge in [-0.25, -0.2) is 9.59 Å². The Hall–Kier alpha value is -2.30. The molecule has 0 aliphatic carbocycles. The maximum atomic E-state index is 12.3. The zero-order chi connectivity index (χ0) is 16.4. The molecule has 5 nitrogen and oxygen atoms in total. The van der Waals surface area contributed by atoms with E-state index < -0.39 is 12.0 Å². The summed E-state index contributed by atoms with van der Waals surface area (Å²) in [5.41, 5.74) is 4.13. The number of carbonyl (C=O) groups is 2. The third-order valence-electron chi connectivity index (χ3n) is 3.82. The van der Waals surface area contributed by atoms with Crippen LogP contribution in [0.3, 0.4) is 0 Å². The van der Waals surface area contributed by atoms with Gasteiger partial charge in [0.05, 0.1) is 18.7 Å². The Kier molecular flexibility index (Phi) is 4.54. The second-order valence-electron chi connectivity index (χ2n) is 5.87. The van der Waals surface area contributed by atoms with Gasteiger partial charge in [-0.05, 0) is 30.9 Å². The van der Waals surface area contributed by atoms with Crippen molar-refractivity contribution in [1.82, 2.24) is 10.6 Å². The zero-order valence-corrected chi connectivity index (χ0v) is 13.6. The number of rotatable bonds is 3. The van der Waals surface area contributed by atoms with Crippen LogP contribution < -0.4 is 10.6 Å². The van der Waals surface area contributed by atoms with Crippen molar-refractivity contribution in [2.75, 3.05) is 7.11 Å². The van der Waals surface area contributed by atoms with Crippen molar-refractivity contribution < 1.29 is 14.3 Å². The van der Waals surface area contributed by atoms with Crippen LogP contribution in [0.2, 0.25) is 0 Å². The molecule has 1 aromatic rings. The minimum absolute atomic E-state index is 0.00778. The number of esters is 1. The van der Waals surface area contributed by atoms with Gasteiger partial charge in [0.2, 0.25) is 0 Å². The molecule has 1 unspecified atom stereocenters. The monoisotopic (exact) mass is 302 g/mol. The minimum atomic E-state index is -0.501. The third kappa shape index (κ3) is 2.98. The number of allylic oxidation sites excluding steroid dienone is 1. The van der Waals surface area contributed by atoms with Crippen molar-refractivity contribution in [2.24, 2.45) is 5.92 Å². The summed E-state index contributed by atoms with van der Waals surface area (Å²) in [5, 5.41) is 5.57. The molecule has 1 aliphatic heterocycles. The van der Waals surface area contributed by atoms with E-state index in [1.54, 1.807) is 0 Å². The number of nitrogens with one attached hydrogen (secondary N) is 2. The van der Waals surface area contributed by atoms with Gasteiger partial charge in [-0.2, -0.15) is 0 Å². The zero-order valence-electron chi connectivity index (χ0n) is 13.6. The number of amides is 2. The van der Waals surface area contributed by atoms with Crippen LogP contribution in [-0.4, -0.2) is 19.1 Å². The molecule has 2 N–H and O–H groups in total. The van der Waals surface area contributed by atoms with Gasteiger partial charge in [0, 0.05) is 5.70 Å². The van der Waals surface area contributed by atoms with Crippen LogP contribution in [0.4, 0.5) is 4.79 Å². The molecule has 2 rings (SSSR count). The average Bonchev–Trinajstić information content (AvgIpc) is 2.45. The summed E-state index contributed by atoms with van der Waals surface area (Å²) in [5.74, 6) is -0.422. The molecule has 0 radical (unpaired) electrons. The van der Waals surface area contributed by atoms with E-state index in [4.69, 9.17) is 4.74 Å². The molecule has 5 heteroatoms. The van der Waals surface area contributed by atoms with Crippen molar-refractivity contribution in [3.8, 4) is 0 Å². The number of hydrogen-bond donors (Lipinski definition) is 2. The smallest absolute Gasteiger partial charge is 0.337 e. The van der Waals surface area contributed by atoms with Crippen LogP contribution in [0.15, 0.2) is 29.5 Å². The van der Waals surface area contributed by atoms with Crippen molar-refractivity contribution in [1.29, 1.82) is 0 Å². The molecule has 0 aromatic heterocycles. The molecule has 0 saturated carbocycles. The van der Waals surface area contributed by atoms with Gasteiger partial charge < -0.3 is 15.4 Å². The highest BCUT2D eigenvalue weighted by Gasteiger charge is 2.34. The fourth-order valence-electron chi connectivity index (χ4n) is 2.76. The summed E-state index contributed by atoms with van der Waals surface area (Å²) in [7, 11) is 1.35. The number of methoxy groups -OCH3 is 1. The lowest BCUT2D eigenvalue weighted by Gasteiger charge is -2.31. The number of carbonyl (C=O) groups excluding carboxylic acids is 2. The van der Waals surface area contributed by atoms with E-state index in [0.29, 0.717) is 11.3 Å². The van der Waals surface area contributed by atoms with Gasteiger partial charge in [0.1, 0.15) is 0 Å². The van der Waals surface area contributed by atoms with E-state index in [-0.39, 0.29) is 11.9 Å². The number of aryl methyl sites for hydroxylation is 2. The Morgan fingerprint density at radius 3 is 2.50 bits per heavy atom. The lowest BCUT2D eigenvalue weighted by atomic mass is 9.89. The van der Waals surface area contributed by atoms with Gasteiger partial charge in [0.15, 0.2) is 0 Å². The van der Waals surface area contributed by atoms with Crippen LogP contribution in [0, 0.1) is 19.8 Å². The molecular weight excluding hydrogens is 280 g/mol. The van der Waals surface area contributed by atoms with Crippen LogP contribution in [-0.2, 0) is 9.53 Å². The first kappa shape index (κ1) is 16.1. The fourth-order valence-corrected chi connectivity index (χ4v) is 2.76. The Balaban J connectivity index is 2.62. The van der Waals surface area contributed by atoms with E-state index in [0.717, 1.165) is 16.7 Å². The first-order chi connectivity index (χ1) is 10.3. The van der Waals surface area contributed by atoms with Crippen LogP contribution in [0.1, 0.15) is 36.6 Å². The summed E-state index contributed by atoms with van der Waals surface area (Å²) in [6, 6.07) is 5.15. The Morgan fingerprint density at radius 2 is 1.95 bits per heavy atom. The van der Waals surface area contributed by atoms with Gasteiger partial charge >= 0.3 is 12.0 Å². The SMILES string of the molecule is COC(=O)C1=C(C(C)C)NC(=O)NC1c1ccc(C)cc1C. The predicted octanol–water partition coefficient (Wildman–Crippen LogP) is 2.74. The molecule has 0 spiro atoms. The third-order valence-corrected chi connectivity index (χ3v) is 3.82. The predicted molar refractivity (Wildman–Crippen MR) is 84.2 cm³/mol. The van der Waals surface area contributed by atoms with E-state index in [1.807, 2.05) is 45.9 Å². The second kappa shape index (κ2) is 6.22. The number of benzene rings is 1. The van der Waals surface area contributed by atoms with Crippen molar-refractivity contribution in [3.63, 3.8) is 0 Å². The molecule has 0 bridgehead atoms. The highest BCUT2D eigenvalue weighted by molar-refractivity contribution is 5.95. The second-order valence-corrected chi connectivity index (χ2v) is 5.87. The molecule has 0 fully saturated rings. The van der Waals surface area contributed by atoms with Gasteiger partial charge in [-0.15, -0.1) is 0 Å². The van der Waals surface area contributed by atoms with E-state index in [9.17, 15) is 9.59 Å². The lowest BCUT2D eigenvalue weighted by Crippen LogP contribution is -2.47. The fraction of sp³-hybridized carbons (Fsp3) is 0.412. The van der Waals surface area contributed by atoms with E-state index in [2.05, 4.69) is 10.6 Å². The molecule has 1 aliphatic rings. The highest BCUT2D eigenvalue weighted by atomic mass is 16.5. The quantitative estimate of drug-likeness (QED) is 0.844. The molecule has 1 aromatic carbocycles. The summed E-state index contributed by atoms with van der Waals surface area (Å²) in [6.45, 7) is 7.85. The number of hydrogen-bond acceptors (Lipinski definition) is 3. The topological polar surface area (TPSA) is 67.4 Å². The maximum absolute atomic E-state index is 12.3. The highest BCUT2D eigenvalue weighted by Crippen LogP contribution is 2.32. The summed E-state index contributed by atoms with van der Waals surface area (Å²) in [6.07, 6.45) is 0. The lowest BCUT2D eigenvalue weighted by molar-refractivity contribution is -0.136. The van der Waals surface area contributed by atoms with Crippen LogP contribution in [0.25, 0.3) is 0 Å². The average molecular weight is 302 g/mol. The van der Waals surface area contributed by atoms with Crippen molar-refractivity contribution in [2.45, 2.75) is 33.7 Å². The van der Waals surface area contributed by atoms with Gasteiger partial charge in [-0.1, -0.05) is 37.6 Å². The molecule has 118 valence electrons. The summed E-state index contributed by atoms with van der Waals surface area (Å²) < 4.78 is 4.93. The standard InChI is InChI=1S/C17H22N2O3/c1-9(2)14-13(16(20)22-5)15(19-17(21)18-14)12-7-6-10(3)8-11(12)4/h6-9,15H,1-5H3,(H2,18,19,21). The Labute approximate surface area is 130 Å². The molecule has 2 amide bonds. The Bertz CT molecular complexity index is 647. The molecule has 0 saturated heterocycles. The van der Waals surface area contributed by atoms with Gasteiger partial charge in [0.25, 0.3) is 0 Å². The summed E-state index contributed by atoms with van der Waals surface area (Å²) >= 11 is 0. The van der Waals surface area contributed by atoms with Crippen LogP contribution >= 0.6 is 0 Å². The molecule has 1 heterocycles. The summed E-state index contributed by atoms with van der Waals surface area (Å²) in [4.78, 5) is 24.3. The van der Waals surface area contributed by atoms with Gasteiger partial charge in [-0.3, -0.25) is 0 Å². The van der Waals surface area contributed by atoms with E-state index >= 15 is 0 Å². The first-order valence-corrected chi connectivity index (χ1v) is 7.32. The molecular formula is C17H22N2O3. The first-order valence-electron chi connectivity index (χ1n) is 7.32. The Morgan fingerprint density at radius 1 is 1.27 bits per heavy atom. The maximum Gasteiger partial charge on any atom is 0.337 e. The minimum Gasteiger partial charge on any atom is -0.466 e. The largest absolute Gasteiger partial charge is 0.466 e. The normalized spacial score (nSPS) is 18.1. The number of ether oxygens (including phenoxy) is 1. The van der Waals surface area contributed by atoms with Crippen LogP contribution in [0.5, 0.6) is 0 Å². The van der Waals surface area contributed by atoms with Crippen molar-refractivity contribution in [3.05, 3.63) is 46.2 Å². The van der Waals surface area contributed by atoms with E-state index in [1.165, 1.54) is 7.11 Å². The number of urea groups is 1.